The smallest absolute Gasteiger partial charge is 0.152 e. The van der Waals surface area contributed by atoms with E-state index in [4.69, 9.17) is 10.00 Å². The Morgan fingerprint density at radius 3 is 2.86 bits per heavy atom. The Kier molecular flexibility index (Phi) is 3.29. The summed E-state index contributed by atoms with van der Waals surface area (Å²) in [6.07, 6.45) is 0.684. The number of aldehydes is 1. The van der Waals surface area contributed by atoms with Crippen molar-refractivity contribution in [2.45, 2.75) is 0 Å². The lowest BCUT2D eigenvalue weighted by molar-refractivity contribution is 0.112. The van der Waals surface area contributed by atoms with E-state index < -0.39 is 0 Å². The lowest BCUT2D eigenvalue weighted by Crippen LogP contribution is -1.90. The van der Waals surface area contributed by atoms with Gasteiger partial charge in [-0.25, -0.2) is 0 Å². The minimum atomic E-state index is 0.423. The van der Waals surface area contributed by atoms with E-state index in [1.807, 2.05) is 0 Å². The average Bonchev–Trinajstić information content (AvgIpc) is 2.26. The first-order chi connectivity index (χ1) is 6.81. The van der Waals surface area contributed by atoms with E-state index in [1.54, 1.807) is 24.3 Å². The molecule has 0 saturated carbocycles. The first-order valence-electron chi connectivity index (χ1n) is 3.85. The summed E-state index contributed by atoms with van der Waals surface area (Å²) in [6, 6.07) is 6.60. The van der Waals surface area contributed by atoms with Crippen molar-refractivity contribution in [2.75, 3.05) is 7.11 Å². The lowest BCUT2D eigenvalue weighted by Gasteiger charge is -2.01. The zero-order chi connectivity index (χ0) is 10.4. The van der Waals surface area contributed by atoms with Crippen molar-refractivity contribution in [1.82, 2.24) is 0 Å². The van der Waals surface area contributed by atoms with Gasteiger partial charge in [0.1, 0.15) is 5.75 Å². The van der Waals surface area contributed by atoms with E-state index in [0.29, 0.717) is 23.2 Å². The van der Waals surface area contributed by atoms with Crippen LogP contribution in [0, 0.1) is 23.2 Å². The third-order valence-electron chi connectivity index (χ3n) is 1.64. The fourth-order valence-electron chi connectivity index (χ4n) is 0.974. The van der Waals surface area contributed by atoms with Crippen LogP contribution in [0.2, 0.25) is 0 Å². The summed E-state index contributed by atoms with van der Waals surface area (Å²) in [5, 5.41) is 8.26. The number of carbonyl (C=O) groups excluding carboxylic acids is 1. The molecule has 1 aromatic carbocycles. The number of hydrogen-bond donors (Lipinski definition) is 0. The molecule has 0 aliphatic rings. The number of benzene rings is 1. The fourth-order valence-corrected chi connectivity index (χ4v) is 0.974. The molecule has 68 valence electrons. The summed E-state index contributed by atoms with van der Waals surface area (Å²) >= 11 is 0. The Bertz CT molecular complexity index is 447. The van der Waals surface area contributed by atoms with E-state index in [0.717, 1.165) is 0 Å². The molecule has 14 heavy (non-hydrogen) atoms. The van der Waals surface area contributed by atoms with E-state index in [2.05, 4.69) is 11.8 Å². The van der Waals surface area contributed by atoms with Crippen molar-refractivity contribution in [3.05, 3.63) is 29.3 Å². The molecule has 3 heteroatoms. The maximum absolute atomic E-state index is 10.7. The Labute approximate surface area is 81.9 Å². The molecular weight excluding hydrogens is 178 g/mol. The van der Waals surface area contributed by atoms with Crippen molar-refractivity contribution >= 4 is 6.29 Å². The van der Waals surface area contributed by atoms with Crippen molar-refractivity contribution in [3.63, 3.8) is 0 Å². The zero-order valence-corrected chi connectivity index (χ0v) is 7.57. The molecule has 0 atom stereocenters. The Balaban J connectivity index is 3.19. The van der Waals surface area contributed by atoms with Crippen LogP contribution in [0.5, 0.6) is 5.75 Å². The van der Waals surface area contributed by atoms with Crippen LogP contribution in [-0.2, 0) is 0 Å². The van der Waals surface area contributed by atoms with Crippen molar-refractivity contribution < 1.29 is 9.53 Å². The standard InChI is InChI=1S/C11H7NO2/c1-14-11-5-4-9(3-2-6-12)10(7-11)8-13/h4-5,7-8H,1H3. The van der Waals surface area contributed by atoms with Gasteiger partial charge in [0.15, 0.2) is 12.4 Å². The highest BCUT2D eigenvalue weighted by Crippen LogP contribution is 2.15. The SMILES string of the molecule is COc1ccc(C#CC#N)c(C=O)c1. The molecule has 0 heterocycles. The van der Waals surface area contributed by atoms with Crippen LogP contribution >= 0.6 is 0 Å². The normalized spacial score (nSPS) is 8.00. The average molecular weight is 185 g/mol. The predicted molar refractivity (Wildman–Crippen MR) is 50.9 cm³/mol. The maximum Gasteiger partial charge on any atom is 0.152 e. The molecule has 0 aliphatic heterocycles. The van der Waals surface area contributed by atoms with Crippen LogP contribution in [-0.4, -0.2) is 13.4 Å². The fraction of sp³-hybridized carbons (Fsp3) is 0.0909. The van der Waals surface area contributed by atoms with Crippen LogP contribution in [0.4, 0.5) is 0 Å². The molecule has 0 fully saturated rings. The Morgan fingerprint density at radius 2 is 2.29 bits per heavy atom. The van der Waals surface area contributed by atoms with Gasteiger partial charge in [-0.3, -0.25) is 4.79 Å². The van der Waals surface area contributed by atoms with Gasteiger partial charge in [-0.05, 0) is 24.1 Å². The minimum Gasteiger partial charge on any atom is -0.497 e. The van der Waals surface area contributed by atoms with E-state index in [1.165, 1.54) is 7.11 Å². The molecule has 0 aromatic heterocycles. The Hall–Kier alpha value is -2.26. The molecule has 0 bridgehead atoms. The lowest BCUT2D eigenvalue weighted by atomic mass is 10.1. The van der Waals surface area contributed by atoms with Crippen molar-refractivity contribution in [1.29, 1.82) is 5.26 Å². The third kappa shape index (κ3) is 2.12. The number of carbonyl (C=O) groups is 1. The van der Waals surface area contributed by atoms with Crippen LogP contribution in [0.3, 0.4) is 0 Å². The molecular formula is C11H7NO2. The zero-order valence-electron chi connectivity index (χ0n) is 7.57. The highest BCUT2D eigenvalue weighted by Gasteiger charge is 2.00. The second-order valence-corrected chi connectivity index (χ2v) is 2.43. The quantitative estimate of drug-likeness (QED) is 0.516. The van der Waals surface area contributed by atoms with Gasteiger partial charge in [-0.2, -0.15) is 5.26 Å². The predicted octanol–water partition coefficient (Wildman–Crippen LogP) is 1.38. The van der Waals surface area contributed by atoms with Gasteiger partial charge in [0.2, 0.25) is 0 Å². The van der Waals surface area contributed by atoms with Gasteiger partial charge in [-0.15, -0.1) is 0 Å². The number of methoxy groups -OCH3 is 1. The van der Waals surface area contributed by atoms with Crippen LogP contribution in [0.25, 0.3) is 0 Å². The number of nitrogens with zero attached hydrogens (tertiary/aromatic N) is 1. The summed E-state index contributed by atoms with van der Waals surface area (Å²) in [7, 11) is 1.52. The molecule has 0 unspecified atom stereocenters. The molecule has 3 nitrogen and oxygen atoms in total. The number of nitriles is 1. The summed E-state index contributed by atoms with van der Waals surface area (Å²) in [4.78, 5) is 10.7. The topological polar surface area (TPSA) is 50.1 Å². The molecule has 0 radical (unpaired) electrons. The van der Waals surface area contributed by atoms with Gasteiger partial charge in [0.25, 0.3) is 0 Å². The highest BCUT2D eigenvalue weighted by atomic mass is 16.5. The summed E-state index contributed by atoms with van der Waals surface area (Å²) in [5.74, 6) is 5.39. The molecule has 0 spiro atoms. The van der Waals surface area contributed by atoms with Crippen LogP contribution in [0.15, 0.2) is 18.2 Å². The first kappa shape index (κ1) is 9.83. The van der Waals surface area contributed by atoms with Crippen molar-refractivity contribution in [3.8, 4) is 23.7 Å². The number of ether oxygens (including phenoxy) is 1. The monoisotopic (exact) mass is 185 g/mol. The maximum atomic E-state index is 10.7. The minimum absolute atomic E-state index is 0.423. The second kappa shape index (κ2) is 4.69. The molecule has 1 rings (SSSR count). The van der Waals surface area contributed by atoms with Crippen LogP contribution < -0.4 is 4.74 Å². The first-order valence-corrected chi connectivity index (χ1v) is 3.85. The van der Waals surface area contributed by atoms with Crippen LogP contribution in [0.1, 0.15) is 15.9 Å². The number of hydrogen-bond acceptors (Lipinski definition) is 3. The summed E-state index contributed by atoms with van der Waals surface area (Å²) in [5.41, 5.74) is 0.953. The van der Waals surface area contributed by atoms with Gasteiger partial charge in [0, 0.05) is 17.0 Å². The molecule has 0 amide bonds. The molecule has 0 saturated heterocycles. The van der Waals surface area contributed by atoms with Crippen molar-refractivity contribution in [2.24, 2.45) is 0 Å². The van der Waals surface area contributed by atoms with Gasteiger partial charge >= 0.3 is 0 Å². The van der Waals surface area contributed by atoms with Gasteiger partial charge in [-0.1, -0.05) is 0 Å². The molecule has 0 aliphatic carbocycles. The Morgan fingerprint density at radius 1 is 1.50 bits per heavy atom. The molecule has 1 aromatic rings. The second-order valence-electron chi connectivity index (χ2n) is 2.43. The van der Waals surface area contributed by atoms with E-state index >= 15 is 0 Å². The third-order valence-corrected chi connectivity index (χ3v) is 1.64. The summed E-state index contributed by atoms with van der Waals surface area (Å²) < 4.78 is 4.94. The largest absolute Gasteiger partial charge is 0.497 e. The van der Waals surface area contributed by atoms with E-state index in [-0.39, 0.29) is 0 Å². The summed E-state index contributed by atoms with van der Waals surface area (Å²) in [6.45, 7) is 0. The highest BCUT2D eigenvalue weighted by molar-refractivity contribution is 5.80. The number of rotatable bonds is 2. The van der Waals surface area contributed by atoms with E-state index in [9.17, 15) is 4.79 Å². The van der Waals surface area contributed by atoms with Gasteiger partial charge in [0.05, 0.1) is 7.11 Å². The molecule has 0 N–H and O–H groups in total. The van der Waals surface area contributed by atoms with Gasteiger partial charge < -0.3 is 4.74 Å².